The third-order valence-corrected chi connectivity index (χ3v) is 3.96. The quantitative estimate of drug-likeness (QED) is 0.512. The second kappa shape index (κ2) is 7.89. The van der Waals surface area contributed by atoms with Crippen LogP contribution >= 0.6 is 11.3 Å². The molecule has 0 atom stereocenters. The molecule has 0 unspecified atom stereocenters. The third-order valence-electron chi connectivity index (χ3n) is 3.21. The number of thiazole rings is 1. The van der Waals surface area contributed by atoms with Gasteiger partial charge in [0.15, 0.2) is 5.13 Å². The Labute approximate surface area is 153 Å². The number of hydrogen-bond donors (Lipinski definition) is 1. The highest BCUT2D eigenvalue weighted by atomic mass is 79.9. The van der Waals surface area contributed by atoms with Gasteiger partial charge in [-0.2, -0.15) is 0 Å². The molecule has 0 radical (unpaired) electrons. The average Bonchev–Trinajstić information content (AvgIpc) is 3.04. The predicted octanol–water partition coefficient (Wildman–Crippen LogP) is 1.47. The number of halogens is 1. The zero-order valence-corrected chi connectivity index (χ0v) is 15.0. The molecule has 124 valence electrons. The Kier molecular flexibility index (Phi) is 5.88. The maximum Gasteiger partial charge on any atom is 0.270 e. The molecule has 1 heterocycles. The molecule has 0 aliphatic rings. The van der Waals surface area contributed by atoms with Gasteiger partial charge in [-0.15, -0.1) is 11.3 Å². The van der Waals surface area contributed by atoms with Crippen LogP contribution in [0.25, 0.3) is 11.3 Å². The highest BCUT2D eigenvalue weighted by Gasteiger charge is 2.11. The fourth-order valence-electron chi connectivity index (χ4n) is 2.11. The van der Waals surface area contributed by atoms with Crippen molar-refractivity contribution in [2.45, 2.75) is 0 Å². The van der Waals surface area contributed by atoms with Gasteiger partial charge in [-0.25, -0.2) is 4.98 Å². The minimum absolute atomic E-state index is 0. The lowest BCUT2D eigenvalue weighted by Gasteiger charge is -2.08. The van der Waals surface area contributed by atoms with E-state index in [4.69, 9.17) is 4.74 Å². The summed E-state index contributed by atoms with van der Waals surface area (Å²) in [5.74, 6) is 0.722. The number of aromatic nitrogens is 1. The number of nitrogens with zero attached hydrogens (tertiary/aromatic N) is 2. The van der Waals surface area contributed by atoms with Gasteiger partial charge in [0.2, 0.25) is 0 Å². The Morgan fingerprint density at radius 1 is 1.21 bits per heavy atom. The number of para-hydroxylation sites is 2. The molecule has 24 heavy (non-hydrogen) atoms. The number of non-ortho nitro benzene ring substituents is 1. The van der Waals surface area contributed by atoms with E-state index in [1.165, 1.54) is 23.5 Å². The van der Waals surface area contributed by atoms with Crippen LogP contribution in [0.5, 0.6) is 5.75 Å². The summed E-state index contributed by atoms with van der Waals surface area (Å²) in [6.45, 7) is 0. The molecule has 3 aromatic rings. The van der Waals surface area contributed by atoms with Gasteiger partial charge in [-0.3, -0.25) is 10.1 Å². The summed E-state index contributed by atoms with van der Waals surface area (Å²) in [6, 6.07) is 14.0. The van der Waals surface area contributed by atoms with Crippen molar-refractivity contribution in [3.05, 3.63) is 64.0 Å². The van der Waals surface area contributed by atoms with Gasteiger partial charge in [0.1, 0.15) is 5.75 Å². The molecule has 0 aliphatic heterocycles. The Hall–Kier alpha value is -2.45. The molecule has 3 rings (SSSR count). The molecule has 8 heteroatoms. The van der Waals surface area contributed by atoms with E-state index in [-0.39, 0.29) is 22.7 Å². The van der Waals surface area contributed by atoms with Gasteiger partial charge >= 0.3 is 0 Å². The first-order chi connectivity index (χ1) is 11.2. The van der Waals surface area contributed by atoms with E-state index in [1.54, 1.807) is 19.2 Å². The van der Waals surface area contributed by atoms with E-state index in [1.807, 2.05) is 29.6 Å². The topological polar surface area (TPSA) is 77.3 Å². The number of hydrogen-bond acceptors (Lipinski definition) is 6. The minimum atomic E-state index is -0.413. The molecular formula is C16H13BrN3O3S-. The standard InChI is InChI=1S/C16H13N3O3S.BrH/c1-22-15-8-3-2-7-13(15)17-16-18-14(10-23-16)11-5-4-6-12(9-11)19(20)21;/h2-10H,1H3,(H,17,18);1H/p-1. The number of nitro groups is 1. The fraction of sp³-hybridized carbons (Fsp3) is 0.0625. The largest absolute Gasteiger partial charge is 1.00 e. The van der Waals surface area contributed by atoms with Crippen LogP contribution in [0.4, 0.5) is 16.5 Å². The van der Waals surface area contributed by atoms with Gasteiger partial charge < -0.3 is 27.0 Å². The Balaban J connectivity index is 0.00000208. The molecule has 0 saturated carbocycles. The monoisotopic (exact) mass is 406 g/mol. The number of anilines is 2. The van der Waals surface area contributed by atoms with Crippen molar-refractivity contribution < 1.29 is 26.6 Å². The van der Waals surface area contributed by atoms with Crippen LogP contribution in [0.15, 0.2) is 53.9 Å². The highest BCUT2D eigenvalue weighted by molar-refractivity contribution is 7.14. The predicted molar refractivity (Wildman–Crippen MR) is 90.5 cm³/mol. The zero-order valence-electron chi connectivity index (χ0n) is 12.6. The number of nitrogens with one attached hydrogen (secondary N) is 1. The molecule has 0 saturated heterocycles. The van der Waals surface area contributed by atoms with Crippen LogP contribution < -0.4 is 27.0 Å². The van der Waals surface area contributed by atoms with Crippen LogP contribution in [0.3, 0.4) is 0 Å². The van der Waals surface area contributed by atoms with Crippen LogP contribution in [0.1, 0.15) is 0 Å². The van der Waals surface area contributed by atoms with Gasteiger partial charge in [0.25, 0.3) is 5.69 Å². The van der Waals surface area contributed by atoms with Crippen molar-refractivity contribution in [2.24, 2.45) is 0 Å². The summed E-state index contributed by atoms with van der Waals surface area (Å²) in [6.07, 6.45) is 0. The van der Waals surface area contributed by atoms with Crippen molar-refractivity contribution >= 4 is 27.8 Å². The molecule has 1 aromatic heterocycles. The van der Waals surface area contributed by atoms with E-state index in [0.29, 0.717) is 16.4 Å². The van der Waals surface area contributed by atoms with Crippen LogP contribution in [-0.4, -0.2) is 17.0 Å². The minimum Gasteiger partial charge on any atom is -1.00 e. The normalized spacial score (nSPS) is 9.88. The molecule has 6 nitrogen and oxygen atoms in total. The number of methoxy groups -OCH3 is 1. The highest BCUT2D eigenvalue weighted by Crippen LogP contribution is 2.31. The second-order valence-electron chi connectivity index (χ2n) is 4.67. The third kappa shape index (κ3) is 3.90. The van der Waals surface area contributed by atoms with Crippen molar-refractivity contribution in [3.63, 3.8) is 0 Å². The average molecular weight is 407 g/mol. The van der Waals surface area contributed by atoms with E-state index >= 15 is 0 Å². The first-order valence-corrected chi connectivity index (χ1v) is 7.66. The number of benzene rings is 2. The molecule has 0 spiro atoms. The van der Waals surface area contributed by atoms with Gasteiger partial charge in [0.05, 0.1) is 23.4 Å². The van der Waals surface area contributed by atoms with Crippen molar-refractivity contribution in [3.8, 4) is 17.0 Å². The Morgan fingerprint density at radius 2 is 2.00 bits per heavy atom. The molecular weight excluding hydrogens is 394 g/mol. The summed E-state index contributed by atoms with van der Waals surface area (Å²) in [4.78, 5) is 14.9. The summed E-state index contributed by atoms with van der Waals surface area (Å²) in [5, 5.41) is 16.6. The zero-order chi connectivity index (χ0) is 16.2. The van der Waals surface area contributed by atoms with E-state index in [0.717, 1.165) is 11.4 Å². The Bertz CT molecular complexity index is 854. The maximum absolute atomic E-state index is 10.9. The summed E-state index contributed by atoms with van der Waals surface area (Å²) in [5.41, 5.74) is 2.27. The van der Waals surface area contributed by atoms with Crippen LogP contribution in [-0.2, 0) is 0 Å². The first kappa shape index (κ1) is 17.9. The second-order valence-corrected chi connectivity index (χ2v) is 5.53. The molecule has 1 N–H and O–H groups in total. The SMILES string of the molecule is COc1ccccc1Nc1nc(-c2cccc([N+](=O)[O-])c2)cs1.[Br-]. The number of nitro benzene ring substituents is 1. The molecule has 0 aliphatic carbocycles. The summed E-state index contributed by atoms with van der Waals surface area (Å²) >= 11 is 1.43. The lowest BCUT2D eigenvalue weighted by molar-refractivity contribution is -0.384. The molecule has 2 aromatic carbocycles. The van der Waals surface area contributed by atoms with Gasteiger partial charge in [-0.05, 0) is 12.1 Å². The number of rotatable bonds is 5. The molecule has 0 fully saturated rings. The van der Waals surface area contributed by atoms with Crippen LogP contribution in [0, 0.1) is 10.1 Å². The maximum atomic E-state index is 10.9. The molecule has 0 bridgehead atoms. The van der Waals surface area contributed by atoms with Crippen molar-refractivity contribution in [1.29, 1.82) is 0 Å². The van der Waals surface area contributed by atoms with Crippen LogP contribution in [0.2, 0.25) is 0 Å². The van der Waals surface area contributed by atoms with E-state index in [9.17, 15) is 10.1 Å². The van der Waals surface area contributed by atoms with Gasteiger partial charge in [0, 0.05) is 23.1 Å². The van der Waals surface area contributed by atoms with Gasteiger partial charge in [-0.1, -0.05) is 24.3 Å². The first-order valence-electron chi connectivity index (χ1n) is 6.78. The van der Waals surface area contributed by atoms with Crippen molar-refractivity contribution in [2.75, 3.05) is 12.4 Å². The summed E-state index contributed by atoms with van der Waals surface area (Å²) < 4.78 is 5.29. The lowest BCUT2D eigenvalue weighted by Crippen LogP contribution is -3.00. The molecule has 0 amide bonds. The number of ether oxygens (including phenoxy) is 1. The van der Waals surface area contributed by atoms with Crippen molar-refractivity contribution in [1.82, 2.24) is 4.98 Å². The fourth-order valence-corrected chi connectivity index (χ4v) is 2.84. The van der Waals surface area contributed by atoms with E-state index < -0.39 is 4.92 Å². The smallest absolute Gasteiger partial charge is 0.270 e. The Morgan fingerprint density at radius 3 is 2.75 bits per heavy atom. The summed E-state index contributed by atoms with van der Waals surface area (Å²) in [7, 11) is 1.61. The lowest BCUT2D eigenvalue weighted by atomic mass is 10.1. The van der Waals surface area contributed by atoms with E-state index in [2.05, 4.69) is 10.3 Å².